The molecule has 1 aliphatic heterocycles. The Kier molecular flexibility index (Phi) is 4.19. The van der Waals surface area contributed by atoms with Crippen molar-refractivity contribution in [2.24, 2.45) is 0 Å². The molecule has 1 saturated heterocycles. The first kappa shape index (κ1) is 12.6. The van der Waals surface area contributed by atoms with Crippen molar-refractivity contribution in [3.8, 4) is 0 Å². The maximum absolute atomic E-state index is 3.73. The van der Waals surface area contributed by atoms with E-state index in [1.54, 1.807) is 0 Å². The van der Waals surface area contributed by atoms with Crippen molar-refractivity contribution in [2.75, 3.05) is 27.2 Å². The number of hydrogen-bond acceptors (Lipinski definition) is 2. The highest BCUT2D eigenvalue weighted by atomic mass is 15.1. The summed E-state index contributed by atoms with van der Waals surface area (Å²) in [6.07, 6.45) is 5.07. The molecule has 0 bridgehead atoms. The molecule has 0 aromatic heterocycles. The van der Waals surface area contributed by atoms with E-state index in [0.29, 0.717) is 5.54 Å². The van der Waals surface area contributed by atoms with E-state index in [4.69, 9.17) is 0 Å². The Morgan fingerprint density at radius 2 is 2.00 bits per heavy atom. The predicted molar refractivity (Wildman–Crippen MR) is 73.3 cm³/mol. The van der Waals surface area contributed by atoms with Crippen LogP contribution in [0.3, 0.4) is 0 Å². The lowest BCUT2D eigenvalue weighted by Gasteiger charge is -2.32. The molecule has 1 atom stereocenters. The summed E-state index contributed by atoms with van der Waals surface area (Å²) in [6, 6.07) is 10.8. The molecule has 0 amide bonds. The molecule has 1 aliphatic rings. The van der Waals surface area contributed by atoms with Crippen LogP contribution in [-0.2, 0) is 6.42 Å². The molecule has 94 valence electrons. The van der Waals surface area contributed by atoms with Crippen LogP contribution in [0.5, 0.6) is 0 Å². The fourth-order valence-corrected chi connectivity index (χ4v) is 2.93. The van der Waals surface area contributed by atoms with Gasteiger partial charge >= 0.3 is 0 Å². The molecule has 0 saturated carbocycles. The molecule has 2 nitrogen and oxygen atoms in total. The quantitative estimate of drug-likeness (QED) is 0.838. The molecular formula is C15H24N2. The number of hydrogen-bond donors (Lipinski definition) is 1. The average molecular weight is 232 g/mol. The van der Waals surface area contributed by atoms with Gasteiger partial charge in [-0.25, -0.2) is 0 Å². The van der Waals surface area contributed by atoms with E-state index in [9.17, 15) is 0 Å². The predicted octanol–water partition coefficient (Wildman–Crippen LogP) is 2.30. The summed E-state index contributed by atoms with van der Waals surface area (Å²) in [5.41, 5.74) is 1.80. The Bertz CT molecular complexity index is 326. The van der Waals surface area contributed by atoms with Crippen molar-refractivity contribution >= 4 is 0 Å². The first-order valence-corrected chi connectivity index (χ1v) is 6.64. The second-order valence-electron chi connectivity index (χ2n) is 5.53. The number of likely N-dealkylation sites (N-methyl/N-ethyl adjacent to an activating group) is 1. The Balaban J connectivity index is 1.94. The lowest BCUT2D eigenvalue weighted by Crippen LogP contribution is -2.48. The lowest BCUT2D eigenvalue weighted by molar-refractivity contribution is 0.243. The zero-order valence-electron chi connectivity index (χ0n) is 11.1. The average Bonchev–Trinajstić information content (AvgIpc) is 2.76. The number of nitrogens with zero attached hydrogens (tertiary/aromatic N) is 1. The summed E-state index contributed by atoms with van der Waals surface area (Å²) in [4.78, 5) is 2.31. The molecule has 0 radical (unpaired) electrons. The van der Waals surface area contributed by atoms with E-state index in [1.165, 1.54) is 37.8 Å². The van der Waals surface area contributed by atoms with Crippen molar-refractivity contribution in [2.45, 2.75) is 31.2 Å². The monoisotopic (exact) mass is 232 g/mol. The van der Waals surface area contributed by atoms with Gasteiger partial charge in [-0.2, -0.15) is 0 Å². The van der Waals surface area contributed by atoms with Crippen LogP contribution in [0.1, 0.15) is 24.8 Å². The molecule has 1 fully saturated rings. The van der Waals surface area contributed by atoms with Crippen LogP contribution in [0.4, 0.5) is 0 Å². The Morgan fingerprint density at radius 3 is 2.59 bits per heavy atom. The summed E-state index contributed by atoms with van der Waals surface area (Å²) in [5, 5.41) is 3.73. The van der Waals surface area contributed by atoms with Gasteiger partial charge in [0.25, 0.3) is 0 Å². The fourth-order valence-electron chi connectivity index (χ4n) is 2.93. The van der Waals surface area contributed by atoms with Gasteiger partial charge in [0.1, 0.15) is 0 Å². The molecule has 1 heterocycles. The summed E-state index contributed by atoms with van der Waals surface area (Å²) in [7, 11) is 4.34. The first-order valence-electron chi connectivity index (χ1n) is 6.64. The summed E-state index contributed by atoms with van der Waals surface area (Å²) in [5.74, 6) is 0. The van der Waals surface area contributed by atoms with E-state index >= 15 is 0 Å². The first-order chi connectivity index (χ1) is 8.20. The topological polar surface area (TPSA) is 15.3 Å². The van der Waals surface area contributed by atoms with Gasteiger partial charge in [-0.15, -0.1) is 0 Å². The van der Waals surface area contributed by atoms with Crippen LogP contribution in [0, 0.1) is 0 Å². The van der Waals surface area contributed by atoms with Crippen LogP contribution >= 0.6 is 0 Å². The van der Waals surface area contributed by atoms with Crippen molar-refractivity contribution in [3.63, 3.8) is 0 Å². The number of benzene rings is 1. The Labute approximate surface area is 105 Å². The smallest absolute Gasteiger partial charge is 0.0312 e. The Morgan fingerprint density at radius 1 is 1.24 bits per heavy atom. The highest BCUT2D eigenvalue weighted by molar-refractivity contribution is 5.15. The minimum atomic E-state index is 0.347. The third kappa shape index (κ3) is 3.55. The third-order valence-corrected chi connectivity index (χ3v) is 3.69. The highest BCUT2D eigenvalue weighted by Crippen LogP contribution is 2.25. The Hall–Kier alpha value is -0.860. The molecule has 0 spiro atoms. The van der Waals surface area contributed by atoms with Crippen LogP contribution in [0.25, 0.3) is 0 Å². The SMILES string of the molecule is CN(C)CC1(CCc2ccccc2)CCCN1. The molecule has 2 rings (SSSR count). The zero-order valence-corrected chi connectivity index (χ0v) is 11.1. The van der Waals surface area contributed by atoms with Crippen molar-refractivity contribution in [3.05, 3.63) is 35.9 Å². The van der Waals surface area contributed by atoms with Crippen LogP contribution in [-0.4, -0.2) is 37.6 Å². The molecular weight excluding hydrogens is 208 g/mol. The van der Waals surface area contributed by atoms with E-state index in [-0.39, 0.29) is 0 Å². The molecule has 1 aromatic rings. The molecule has 17 heavy (non-hydrogen) atoms. The lowest BCUT2D eigenvalue weighted by atomic mass is 9.89. The minimum Gasteiger partial charge on any atom is -0.310 e. The van der Waals surface area contributed by atoms with Gasteiger partial charge in [0.2, 0.25) is 0 Å². The van der Waals surface area contributed by atoms with Crippen molar-refractivity contribution < 1.29 is 0 Å². The van der Waals surface area contributed by atoms with Gasteiger partial charge in [0.15, 0.2) is 0 Å². The van der Waals surface area contributed by atoms with Gasteiger partial charge in [0.05, 0.1) is 0 Å². The number of aryl methyl sites for hydroxylation is 1. The van der Waals surface area contributed by atoms with Gasteiger partial charge in [-0.1, -0.05) is 30.3 Å². The summed E-state index contributed by atoms with van der Waals surface area (Å²) in [6.45, 7) is 2.34. The van der Waals surface area contributed by atoms with E-state index < -0.39 is 0 Å². The minimum absolute atomic E-state index is 0.347. The van der Waals surface area contributed by atoms with Crippen LogP contribution < -0.4 is 5.32 Å². The van der Waals surface area contributed by atoms with Crippen molar-refractivity contribution in [1.29, 1.82) is 0 Å². The normalized spacial score (nSPS) is 24.4. The maximum atomic E-state index is 3.73. The molecule has 0 aliphatic carbocycles. The van der Waals surface area contributed by atoms with Gasteiger partial charge < -0.3 is 10.2 Å². The zero-order chi connectivity index (χ0) is 12.1. The highest BCUT2D eigenvalue weighted by Gasteiger charge is 2.33. The van der Waals surface area contributed by atoms with Gasteiger partial charge in [-0.3, -0.25) is 0 Å². The van der Waals surface area contributed by atoms with Crippen LogP contribution in [0.2, 0.25) is 0 Å². The number of nitrogens with one attached hydrogen (secondary N) is 1. The van der Waals surface area contributed by atoms with E-state index in [1.807, 2.05) is 0 Å². The summed E-state index contributed by atoms with van der Waals surface area (Å²) >= 11 is 0. The summed E-state index contributed by atoms with van der Waals surface area (Å²) < 4.78 is 0. The molecule has 1 aromatic carbocycles. The van der Waals surface area contributed by atoms with Gasteiger partial charge in [-0.05, 0) is 51.9 Å². The molecule has 1 N–H and O–H groups in total. The second kappa shape index (κ2) is 5.65. The number of rotatable bonds is 5. The van der Waals surface area contributed by atoms with Gasteiger partial charge in [0, 0.05) is 12.1 Å². The van der Waals surface area contributed by atoms with E-state index in [0.717, 1.165) is 6.54 Å². The second-order valence-corrected chi connectivity index (χ2v) is 5.53. The molecule has 2 heteroatoms. The van der Waals surface area contributed by atoms with E-state index in [2.05, 4.69) is 54.6 Å². The molecule has 1 unspecified atom stereocenters. The fraction of sp³-hybridized carbons (Fsp3) is 0.600. The maximum Gasteiger partial charge on any atom is 0.0312 e. The van der Waals surface area contributed by atoms with Crippen LogP contribution in [0.15, 0.2) is 30.3 Å². The standard InChI is InChI=1S/C15H24N2/c1-17(2)13-15(10-6-12-16-15)11-9-14-7-4-3-5-8-14/h3-5,7-8,16H,6,9-13H2,1-2H3. The van der Waals surface area contributed by atoms with Crippen molar-refractivity contribution in [1.82, 2.24) is 10.2 Å². The largest absolute Gasteiger partial charge is 0.310 e. The third-order valence-electron chi connectivity index (χ3n) is 3.69.